The van der Waals surface area contributed by atoms with Crippen LogP contribution in [0.15, 0.2) is 21.9 Å². The number of carbonyl (C=O) groups is 1. The predicted octanol–water partition coefficient (Wildman–Crippen LogP) is 0.879. The van der Waals surface area contributed by atoms with Crippen molar-refractivity contribution in [1.29, 1.82) is 0 Å². The van der Waals surface area contributed by atoms with E-state index in [1.165, 1.54) is 16.8 Å². The van der Waals surface area contributed by atoms with E-state index in [1.807, 2.05) is 0 Å². The van der Waals surface area contributed by atoms with Crippen molar-refractivity contribution >= 4 is 16.9 Å². The summed E-state index contributed by atoms with van der Waals surface area (Å²) < 4.78 is 26.4. The van der Waals surface area contributed by atoms with Gasteiger partial charge in [-0.1, -0.05) is 0 Å². The van der Waals surface area contributed by atoms with E-state index in [9.17, 15) is 23.2 Å². The monoisotopic (exact) mass is 393 g/mol. The Morgan fingerprint density at radius 1 is 1.25 bits per heavy atom. The first kappa shape index (κ1) is 18.7. The summed E-state index contributed by atoms with van der Waals surface area (Å²) in [4.78, 5) is 45.0. The van der Waals surface area contributed by atoms with Crippen molar-refractivity contribution in [1.82, 2.24) is 24.8 Å². The molecule has 28 heavy (non-hydrogen) atoms. The standard InChI is InChI=1S/C18H21F2N5O3/c19-14(20)9-24-5-3-11(4-6-24)22-16(26)10-7-13-15(21-8-10)25(12-1-2-12)18(28)23-17(13)27/h7-8,11-12,14H,1-6,9H2,(H,22,26)(H,23,27,28). The molecule has 1 aliphatic heterocycles. The number of piperidine rings is 1. The largest absolute Gasteiger partial charge is 0.349 e. The highest BCUT2D eigenvalue weighted by Gasteiger charge is 2.28. The van der Waals surface area contributed by atoms with Gasteiger partial charge < -0.3 is 5.32 Å². The molecule has 1 saturated heterocycles. The average Bonchev–Trinajstić information content (AvgIpc) is 3.47. The van der Waals surface area contributed by atoms with Crippen LogP contribution in [0.1, 0.15) is 42.1 Å². The number of carbonyl (C=O) groups excluding carboxylic acids is 1. The number of halogens is 2. The lowest BCUT2D eigenvalue weighted by Crippen LogP contribution is -2.45. The predicted molar refractivity (Wildman–Crippen MR) is 97.8 cm³/mol. The molecule has 4 rings (SSSR count). The van der Waals surface area contributed by atoms with Crippen molar-refractivity contribution in [2.24, 2.45) is 0 Å². The maximum atomic E-state index is 12.6. The van der Waals surface area contributed by atoms with Crippen LogP contribution in [0.3, 0.4) is 0 Å². The van der Waals surface area contributed by atoms with Gasteiger partial charge in [-0.25, -0.2) is 18.6 Å². The molecular formula is C18H21F2N5O3. The molecule has 2 N–H and O–H groups in total. The Hall–Kier alpha value is -2.62. The number of fused-ring (bicyclic) bond motifs is 1. The number of aromatic amines is 1. The van der Waals surface area contributed by atoms with Crippen molar-refractivity contribution in [2.45, 2.75) is 44.2 Å². The molecule has 0 aromatic carbocycles. The van der Waals surface area contributed by atoms with Crippen LogP contribution in [-0.4, -0.2) is 57.4 Å². The van der Waals surface area contributed by atoms with Crippen LogP contribution >= 0.6 is 0 Å². The van der Waals surface area contributed by atoms with Gasteiger partial charge in [-0.3, -0.25) is 24.0 Å². The molecule has 8 nitrogen and oxygen atoms in total. The Morgan fingerprint density at radius 3 is 2.61 bits per heavy atom. The number of nitrogens with zero attached hydrogens (tertiary/aromatic N) is 3. The number of nitrogens with one attached hydrogen (secondary N) is 2. The second-order valence-electron chi connectivity index (χ2n) is 7.40. The van der Waals surface area contributed by atoms with Gasteiger partial charge in [-0.15, -0.1) is 0 Å². The molecule has 2 aromatic rings. The van der Waals surface area contributed by atoms with Gasteiger partial charge in [-0.05, 0) is 31.7 Å². The molecule has 0 unspecified atom stereocenters. The Bertz CT molecular complexity index is 1010. The Balaban J connectivity index is 1.49. The summed E-state index contributed by atoms with van der Waals surface area (Å²) in [6.07, 6.45) is 1.88. The van der Waals surface area contributed by atoms with Gasteiger partial charge in [0, 0.05) is 31.4 Å². The lowest BCUT2D eigenvalue weighted by molar-refractivity contribution is 0.0696. The van der Waals surface area contributed by atoms with Crippen molar-refractivity contribution in [3.8, 4) is 0 Å². The number of H-pyrrole nitrogens is 1. The Labute approximate surface area is 158 Å². The van der Waals surface area contributed by atoms with Crippen molar-refractivity contribution in [3.63, 3.8) is 0 Å². The number of alkyl halides is 2. The first-order valence-corrected chi connectivity index (χ1v) is 9.38. The summed E-state index contributed by atoms with van der Waals surface area (Å²) in [7, 11) is 0. The highest BCUT2D eigenvalue weighted by atomic mass is 19.3. The molecule has 0 spiro atoms. The number of aromatic nitrogens is 3. The van der Waals surface area contributed by atoms with E-state index >= 15 is 0 Å². The maximum Gasteiger partial charge on any atom is 0.330 e. The van der Waals surface area contributed by atoms with E-state index in [0.717, 1.165) is 12.8 Å². The van der Waals surface area contributed by atoms with Gasteiger partial charge in [-0.2, -0.15) is 0 Å². The molecule has 10 heteroatoms. The van der Waals surface area contributed by atoms with Crippen LogP contribution in [0.25, 0.3) is 11.0 Å². The molecule has 2 fully saturated rings. The minimum atomic E-state index is -2.36. The van der Waals surface area contributed by atoms with Crippen molar-refractivity contribution < 1.29 is 13.6 Å². The lowest BCUT2D eigenvalue weighted by atomic mass is 10.0. The third kappa shape index (κ3) is 3.82. The summed E-state index contributed by atoms with van der Waals surface area (Å²) in [5, 5.41) is 3.08. The smallest absolute Gasteiger partial charge is 0.330 e. The highest BCUT2D eigenvalue weighted by Crippen LogP contribution is 2.34. The van der Waals surface area contributed by atoms with E-state index in [2.05, 4.69) is 15.3 Å². The minimum absolute atomic E-state index is 0.0393. The average molecular weight is 393 g/mol. The second-order valence-corrected chi connectivity index (χ2v) is 7.40. The van der Waals surface area contributed by atoms with Gasteiger partial charge in [0.15, 0.2) is 0 Å². The van der Waals surface area contributed by atoms with Crippen LogP contribution in [0.4, 0.5) is 8.78 Å². The van der Waals surface area contributed by atoms with Gasteiger partial charge in [0.05, 0.1) is 17.5 Å². The van der Waals surface area contributed by atoms with Crippen LogP contribution < -0.4 is 16.6 Å². The van der Waals surface area contributed by atoms with E-state index in [4.69, 9.17) is 0 Å². The third-order valence-corrected chi connectivity index (χ3v) is 5.27. The maximum absolute atomic E-state index is 12.6. The summed E-state index contributed by atoms with van der Waals surface area (Å²) in [6, 6.07) is 1.37. The van der Waals surface area contributed by atoms with Gasteiger partial charge in [0.2, 0.25) is 0 Å². The van der Waals surface area contributed by atoms with Gasteiger partial charge in [0.25, 0.3) is 17.9 Å². The zero-order valence-electron chi connectivity index (χ0n) is 15.2. The summed E-state index contributed by atoms with van der Waals surface area (Å²) in [5.41, 5.74) is -0.540. The van der Waals surface area contributed by atoms with Crippen molar-refractivity contribution in [3.05, 3.63) is 38.7 Å². The second kappa shape index (κ2) is 7.42. The van der Waals surface area contributed by atoms with E-state index in [-0.39, 0.29) is 41.1 Å². The normalized spacial score (nSPS) is 18.7. The quantitative estimate of drug-likeness (QED) is 0.786. The number of rotatable bonds is 5. The minimum Gasteiger partial charge on any atom is -0.349 e. The van der Waals surface area contributed by atoms with Crippen LogP contribution in [-0.2, 0) is 0 Å². The number of pyridine rings is 1. The topological polar surface area (TPSA) is 100 Å². The molecule has 1 aliphatic carbocycles. The first-order valence-electron chi connectivity index (χ1n) is 9.38. The molecule has 1 amide bonds. The van der Waals surface area contributed by atoms with Crippen LogP contribution in [0.5, 0.6) is 0 Å². The van der Waals surface area contributed by atoms with Gasteiger partial charge in [0.1, 0.15) is 5.65 Å². The Kier molecular flexibility index (Phi) is 4.96. The van der Waals surface area contributed by atoms with Gasteiger partial charge >= 0.3 is 5.69 Å². The zero-order valence-corrected chi connectivity index (χ0v) is 15.2. The number of likely N-dealkylation sites (tertiary alicyclic amines) is 1. The fourth-order valence-electron chi connectivity index (χ4n) is 3.66. The molecule has 0 bridgehead atoms. The molecule has 3 heterocycles. The third-order valence-electron chi connectivity index (χ3n) is 5.27. The van der Waals surface area contributed by atoms with E-state index < -0.39 is 17.7 Å². The zero-order chi connectivity index (χ0) is 19.8. The number of amides is 1. The fraction of sp³-hybridized carbons (Fsp3) is 0.556. The van der Waals surface area contributed by atoms with E-state index in [0.29, 0.717) is 25.9 Å². The summed E-state index contributed by atoms with van der Waals surface area (Å²) in [5.74, 6) is -0.370. The highest BCUT2D eigenvalue weighted by molar-refractivity contribution is 5.96. The molecule has 1 saturated carbocycles. The number of hydrogen-bond acceptors (Lipinski definition) is 5. The molecule has 150 valence electrons. The number of hydrogen-bond donors (Lipinski definition) is 2. The molecule has 2 aliphatic rings. The summed E-state index contributed by atoms with van der Waals surface area (Å²) in [6.45, 7) is 0.748. The Morgan fingerprint density at radius 2 is 1.96 bits per heavy atom. The fourth-order valence-corrected chi connectivity index (χ4v) is 3.66. The van der Waals surface area contributed by atoms with Crippen LogP contribution in [0.2, 0.25) is 0 Å². The SMILES string of the molecule is O=C(NC1CCN(CC(F)F)CC1)c1cnc2c(c1)c(=O)[nH]c(=O)n2C1CC1. The van der Waals surface area contributed by atoms with Crippen LogP contribution in [0, 0.1) is 0 Å². The lowest BCUT2D eigenvalue weighted by Gasteiger charge is -2.32. The molecule has 0 atom stereocenters. The molecule has 2 aromatic heterocycles. The first-order chi connectivity index (χ1) is 13.4. The molecule has 0 radical (unpaired) electrons. The van der Waals surface area contributed by atoms with E-state index in [1.54, 1.807) is 4.90 Å². The van der Waals surface area contributed by atoms with Crippen molar-refractivity contribution in [2.75, 3.05) is 19.6 Å². The summed E-state index contributed by atoms with van der Waals surface area (Å²) >= 11 is 0. The molecular weight excluding hydrogens is 372 g/mol.